The minimum absolute atomic E-state index is 0.0695. The van der Waals surface area contributed by atoms with E-state index in [9.17, 15) is 0 Å². The first-order chi connectivity index (χ1) is 12.2. The number of benzene rings is 2. The molecule has 4 rings (SSSR count). The Balaban J connectivity index is 1.89. The lowest BCUT2D eigenvalue weighted by Crippen LogP contribution is -2.20. The standard InChI is InChI=1S/C24H32P2/c1-23(2,3)25-15-17-11-7-9-13-19(17)21(25)22-20-14-10-8-12-18(20)16-26(22)24(4,5)6/h7-14,21-22H,15-16H2,1-6H3/t21-,22-,25-,26?/m1/s1. The average Bonchev–Trinajstić information content (AvgIpc) is 3.12. The molecule has 4 atom stereocenters. The molecule has 0 saturated heterocycles. The normalized spacial score (nSPS) is 28.1. The van der Waals surface area contributed by atoms with Crippen LogP contribution in [0.25, 0.3) is 0 Å². The van der Waals surface area contributed by atoms with Crippen LogP contribution < -0.4 is 0 Å². The van der Waals surface area contributed by atoms with E-state index in [4.69, 9.17) is 0 Å². The van der Waals surface area contributed by atoms with Gasteiger partial charge in [0.05, 0.1) is 0 Å². The van der Waals surface area contributed by atoms with Crippen LogP contribution in [0.1, 0.15) is 75.1 Å². The Hall–Kier alpha value is -0.700. The van der Waals surface area contributed by atoms with Gasteiger partial charge in [-0.3, -0.25) is 0 Å². The van der Waals surface area contributed by atoms with E-state index in [1.807, 2.05) is 0 Å². The fourth-order valence-electron chi connectivity index (χ4n) is 4.82. The van der Waals surface area contributed by atoms with E-state index in [1.165, 1.54) is 12.3 Å². The molecule has 0 radical (unpaired) electrons. The Morgan fingerprint density at radius 1 is 0.615 bits per heavy atom. The molecule has 0 amide bonds. The predicted octanol–water partition coefficient (Wildman–Crippen LogP) is 8.06. The predicted molar refractivity (Wildman–Crippen MR) is 119 cm³/mol. The summed E-state index contributed by atoms with van der Waals surface area (Å²) in [5.41, 5.74) is 8.07. The minimum atomic E-state index is -0.0695. The monoisotopic (exact) mass is 382 g/mol. The SMILES string of the molecule is CC(C)(C)P1Cc2ccccc2[C@@H]1[C@H]1c2ccccc2C[P@@]1C(C)(C)C. The number of fused-ring (bicyclic) bond motifs is 2. The Morgan fingerprint density at radius 3 is 1.31 bits per heavy atom. The van der Waals surface area contributed by atoms with Gasteiger partial charge in [0.25, 0.3) is 0 Å². The van der Waals surface area contributed by atoms with E-state index in [0.717, 1.165) is 11.3 Å². The van der Waals surface area contributed by atoms with E-state index in [0.29, 0.717) is 10.3 Å². The molecule has 0 nitrogen and oxygen atoms in total. The van der Waals surface area contributed by atoms with Crippen LogP contribution >= 0.6 is 15.8 Å². The lowest BCUT2D eigenvalue weighted by Gasteiger charge is -2.42. The molecule has 2 aromatic carbocycles. The molecule has 0 N–H and O–H groups in total. The van der Waals surface area contributed by atoms with Crippen molar-refractivity contribution in [3.63, 3.8) is 0 Å². The van der Waals surface area contributed by atoms with Crippen molar-refractivity contribution >= 4 is 15.8 Å². The molecule has 0 saturated carbocycles. The molecular weight excluding hydrogens is 350 g/mol. The van der Waals surface area contributed by atoms with Crippen molar-refractivity contribution in [1.29, 1.82) is 0 Å². The Labute approximate surface area is 162 Å². The second-order valence-corrected chi connectivity index (χ2v) is 16.2. The summed E-state index contributed by atoms with van der Waals surface area (Å²) >= 11 is 0. The zero-order valence-electron chi connectivity index (χ0n) is 17.1. The van der Waals surface area contributed by atoms with E-state index in [2.05, 4.69) is 90.1 Å². The molecule has 0 aliphatic carbocycles. The van der Waals surface area contributed by atoms with Crippen LogP contribution in [0.3, 0.4) is 0 Å². The third-order valence-electron chi connectivity index (χ3n) is 6.12. The second kappa shape index (κ2) is 6.43. The topological polar surface area (TPSA) is 0 Å². The zero-order chi connectivity index (χ0) is 18.7. The molecule has 26 heavy (non-hydrogen) atoms. The lowest BCUT2D eigenvalue weighted by molar-refractivity contribution is 0.736. The molecule has 1 unspecified atom stereocenters. The summed E-state index contributed by atoms with van der Waals surface area (Å²) in [6, 6.07) is 18.7. The van der Waals surface area contributed by atoms with Crippen molar-refractivity contribution in [3.05, 3.63) is 70.8 Å². The van der Waals surface area contributed by atoms with E-state index in [-0.39, 0.29) is 15.8 Å². The van der Waals surface area contributed by atoms with E-state index < -0.39 is 0 Å². The second-order valence-electron chi connectivity index (χ2n) is 9.88. The zero-order valence-corrected chi connectivity index (χ0v) is 18.9. The van der Waals surface area contributed by atoms with Gasteiger partial charge >= 0.3 is 0 Å². The molecule has 2 aliphatic heterocycles. The van der Waals surface area contributed by atoms with Gasteiger partial charge in [0.15, 0.2) is 0 Å². The maximum atomic E-state index is 2.48. The summed E-state index contributed by atoms with van der Waals surface area (Å²) in [6.45, 7) is 14.9. The summed E-state index contributed by atoms with van der Waals surface area (Å²) in [6.07, 6.45) is 2.62. The highest BCUT2D eigenvalue weighted by Gasteiger charge is 2.50. The van der Waals surface area contributed by atoms with Crippen molar-refractivity contribution in [2.75, 3.05) is 0 Å². The van der Waals surface area contributed by atoms with Gasteiger partial charge in [-0.25, -0.2) is 0 Å². The van der Waals surface area contributed by atoms with Crippen LogP contribution in [0.4, 0.5) is 0 Å². The molecule has 138 valence electrons. The largest absolute Gasteiger partial charge is 0.0880 e. The Bertz CT molecular complexity index is 740. The summed E-state index contributed by atoms with van der Waals surface area (Å²) < 4.78 is 0. The van der Waals surface area contributed by atoms with Crippen LogP contribution in [0, 0.1) is 0 Å². The molecule has 2 heteroatoms. The first kappa shape index (κ1) is 18.7. The van der Waals surface area contributed by atoms with Gasteiger partial charge < -0.3 is 0 Å². The van der Waals surface area contributed by atoms with Gasteiger partial charge in [0.1, 0.15) is 0 Å². The maximum Gasteiger partial charge on any atom is 0.0161 e. The molecule has 0 bridgehead atoms. The lowest BCUT2D eigenvalue weighted by atomic mass is 9.98. The summed E-state index contributed by atoms with van der Waals surface area (Å²) in [5.74, 6) is 0. The van der Waals surface area contributed by atoms with Gasteiger partial charge in [-0.1, -0.05) is 106 Å². The molecule has 0 spiro atoms. The maximum absolute atomic E-state index is 2.48. The first-order valence-electron chi connectivity index (χ1n) is 9.87. The van der Waals surface area contributed by atoms with Crippen LogP contribution in [0.5, 0.6) is 0 Å². The first-order valence-corrected chi connectivity index (χ1v) is 13.1. The highest BCUT2D eigenvalue weighted by molar-refractivity contribution is 7.63. The minimum Gasteiger partial charge on any atom is -0.0880 e. The molecule has 2 heterocycles. The van der Waals surface area contributed by atoms with Crippen molar-refractivity contribution in [2.24, 2.45) is 0 Å². The third kappa shape index (κ3) is 3.08. The molecule has 2 aromatic rings. The van der Waals surface area contributed by atoms with Gasteiger partial charge in [-0.15, -0.1) is 0 Å². The van der Waals surface area contributed by atoms with Gasteiger partial charge in [0.2, 0.25) is 0 Å². The van der Waals surface area contributed by atoms with Gasteiger partial charge in [0, 0.05) is 11.3 Å². The van der Waals surface area contributed by atoms with Crippen molar-refractivity contribution < 1.29 is 0 Å². The summed E-state index contributed by atoms with van der Waals surface area (Å²) in [5, 5.41) is 0.797. The van der Waals surface area contributed by atoms with Crippen LogP contribution in [0.15, 0.2) is 48.5 Å². The van der Waals surface area contributed by atoms with Crippen molar-refractivity contribution in [1.82, 2.24) is 0 Å². The molecular formula is C24H32P2. The van der Waals surface area contributed by atoms with E-state index in [1.54, 1.807) is 22.3 Å². The van der Waals surface area contributed by atoms with Crippen LogP contribution in [0.2, 0.25) is 0 Å². The fourth-order valence-corrected chi connectivity index (χ4v) is 12.3. The summed E-state index contributed by atoms with van der Waals surface area (Å²) in [7, 11) is -0.139. The molecule has 0 fully saturated rings. The van der Waals surface area contributed by atoms with Gasteiger partial charge in [-0.05, 0) is 44.9 Å². The Morgan fingerprint density at radius 2 is 0.962 bits per heavy atom. The van der Waals surface area contributed by atoms with E-state index >= 15 is 0 Å². The van der Waals surface area contributed by atoms with Crippen LogP contribution in [-0.2, 0) is 12.3 Å². The van der Waals surface area contributed by atoms with Crippen LogP contribution in [-0.4, -0.2) is 10.3 Å². The van der Waals surface area contributed by atoms with Gasteiger partial charge in [-0.2, -0.15) is 0 Å². The molecule has 0 aromatic heterocycles. The number of hydrogen-bond donors (Lipinski definition) is 0. The summed E-state index contributed by atoms with van der Waals surface area (Å²) in [4.78, 5) is 0. The number of hydrogen-bond acceptors (Lipinski definition) is 0. The van der Waals surface area contributed by atoms with Crippen molar-refractivity contribution in [3.8, 4) is 0 Å². The van der Waals surface area contributed by atoms with Crippen molar-refractivity contribution in [2.45, 2.75) is 75.5 Å². The molecule has 2 aliphatic rings. The quantitative estimate of drug-likeness (QED) is 0.438. The highest BCUT2D eigenvalue weighted by atomic mass is 31.1. The number of rotatable bonds is 1. The average molecular weight is 382 g/mol. The highest BCUT2D eigenvalue weighted by Crippen LogP contribution is 2.80. The smallest absolute Gasteiger partial charge is 0.0161 e. The Kier molecular flexibility index (Phi) is 4.61. The third-order valence-corrected chi connectivity index (χ3v) is 13.7. The fraction of sp³-hybridized carbons (Fsp3) is 0.500.